The summed E-state index contributed by atoms with van der Waals surface area (Å²) in [4.78, 5) is 33.7. The monoisotopic (exact) mass is 528 g/mol. The molecule has 0 spiro atoms. The Balaban J connectivity index is 1.60. The highest BCUT2D eigenvalue weighted by atomic mass is 32.2. The molecule has 0 bridgehead atoms. The Kier molecular flexibility index (Phi) is 7.43. The van der Waals surface area contributed by atoms with Crippen LogP contribution in [0, 0.1) is 0 Å². The van der Waals surface area contributed by atoms with Gasteiger partial charge in [-0.3, -0.25) is 4.79 Å². The van der Waals surface area contributed by atoms with E-state index in [9.17, 15) is 23.1 Å². The minimum Gasteiger partial charge on any atom is -0.477 e. The van der Waals surface area contributed by atoms with E-state index in [1.165, 1.54) is 17.2 Å². The molecule has 0 unspecified atom stereocenters. The van der Waals surface area contributed by atoms with E-state index >= 15 is 0 Å². The van der Waals surface area contributed by atoms with E-state index in [0.717, 1.165) is 39.2 Å². The predicted molar refractivity (Wildman–Crippen MR) is 140 cm³/mol. The molecular weight excluding hydrogens is 500 g/mol. The number of aromatic carboxylic acids is 1. The second-order valence-electron chi connectivity index (χ2n) is 8.43. The largest absolute Gasteiger partial charge is 0.477 e. The van der Waals surface area contributed by atoms with Crippen LogP contribution in [0.15, 0.2) is 59.6 Å². The number of carboxylic acids is 1. The van der Waals surface area contributed by atoms with Gasteiger partial charge < -0.3 is 14.9 Å². The summed E-state index contributed by atoms with van der Waals surface area (Å²) in [7, 11) is -3.96. The molecule has 1 aromatic carbocycles. The number of amides is 1. The average Bonchev–Trinajstić information content (AvgIpc) is 3.30. The molecule has 1 saturated heterocycles. The maximum absolute atomic E-state index is 13.3. The molecule has 3 aromatic rings. The number of carboxylic acid groups (broad SMARTS) is 1. The molecule has 0 saturated carbocycles. The number of carbonyl (C=O) groups is 2. The van der Waals surface area contributed by atoms with Crippen molar-refractivity contribution in [2.75, 3.05) is 36.0 Å². The van der Waals surface area contributed by atoms with Gasteiger partial charge in [0.05, 0.1) is 12.2 Å². The highest BCUT2D eigenvalue weighted by Crippen LogP contribution is 2.39. The van der Waals surface area contributed by atoms with E-state index < -0.39 is 27.9 Å². The van der Waals surface area contributed by atoms with Crippen LogP contribution in [-0.4, -0.2) is 66.9 Å². The molecule has 1 aliphatic rings. The Morgan fingerprint density at radius 3 is 2.42 bits per heavy atom. The van der Waals surface area contributed by atoms with Gasteiger partial charge in [-0.1, -0.05) is 30.3 Å². The molecule has 9 nitrogen and oxygen atoms in total. The van der Waals surface area contributed by atoms with Crippen LogP contribution < -0.4 is 9.80 Å². The lowest BCUT2D eigenvalue weighted by atomic mass is 10.1. The number of nitrogens with zero attached hydrogens (tertiary/aromatic N) is 4. The number of aromatic nitrogens is 1. The fourth-order valence-electron chi connectivity index (χ4n) is 4.34. The van der Waals surface area contributed by atoms with Crippen LogP contribution >= 0.6 is 11.3 Å². The summed E-state index contributed by atoms with van der Waals surface area (Å²) in [6, 6.07) is 13.6. The van der Waals surface area contributed by atoms with Crippen LogP contribution in [0.5, 0.6) is 0 Å². The van der Waals surface area contributed by atoms with Gasteiger partial charge in [0, 0.05) is 36.8 Å². The average molecular weight is 529 g/mol. The van der Waals surface area contributed by atoms with Gasteiger partial charge in [-0.05, 0) is 44.5 Å². The second-order valence-corrected chi connectivity index (χ2v) is 11.4. The summed E-state index contributed by atoms with van der Waals surface area (Å²) in [5.41, 5.74) is 1.13. The Hall–Kier alpha value is -3.28. The zero-order chi connectivity index (χ0) is 26.0. The van der Waals surface area contributed by atoms with E-state index in [1.807, 2.05) is 49.1 Å². The molecule has 1 fully saturated rings. The zero-order valence-corrected chi connectivity index (χ0v) is 21.9. The lowest BCUT2D eigenvalue weighted by Crippen LogP contribution is -2.57. The third-order valence-corrected chi connectivity index (χ3v) is 9.12. The summed E-state index contributed by atoms with van der Waals surface area (Å²) in [6.45, 7) is 6.84. The Morgan fingerprint density at radius 2 is 1.86 bits per heavy atom. The molecule has 1 aliphatic heterocycles. The maximum atomic E-state index is 13.3. The standard InChI is InChI=1S/C25H28N4O5S2/c1-4-27(5-2)22-12-11-19(14-26-22)36(33,34)28-15-17(3)29(23(30)16-28)20-13-21(35-24(20)25(31)32)18-9-7-6-8-10-18/h6-14,17H,4-5,15-16H2,1-3H3,(H,31,32)/t17-/m1/s1. The smallest absolute Gasteiger partial charge is 0.348 e. The summed E-state index contributed by atoms with van der Waals surface area (Å²) in [5, 5.41) is 9.81. The van der Waals surface area contributed by atoms with Crippen molar-refractivity contribution in [1.29, 1.82) is 0 Å². The van der Waals surface area contributed by atoms with Gasteiger partial charge in [0.1, 0.15) is 15.6 Å². The van der Waals surface area contributed by atoms with Crippen molar-refractivity contribution < 1.29 is 23.1 Å². The van der Waals surface area contributed by atoms with Crippen LogP contribution in [0.25, 0.3) is 10.4 Å². The van der Waals surface area contributed by atoms with Crippen LogP contribution in [-0.2, 0) is 14.8 Å². The predicted octanol–water partition coefficient (Wildman–Crippen LogP) is 3.78. The lowest BCUT2D eigenvalue weighted by Gasteiger charge is -2.38. The fraction of sp³-hybridized carbons (Fsp3) is 0.320. The normalized spacial score (nSPS) is 16.8. The van der Waals surface area contributed by atoms with E-state index in [0.29, 0.717) is 5.82 Å². The second kappa shape index (κ2) is 10.4. The first kappa shape index (κ1) is 25.8. The van der Waals surface area contributed by atoms with Crippen LogP contribution in [0.2, 0.25) is 0 Å². The third-order valence-electron chi connectivity index (χ3n) is 6.16. The number of sulfonamides is 1. The Morgan fingerprint density at radius 1 is 1.17 bits per heavy atom. The van der Waals surface area contributed by atoms with Gasteiger partial charge >= 0.3 is 5.97 Å². The van der Waals surface area contributed by atoms with E-state index in [-0.39, 0.29) is 28.5 Å². The quantitative estimate of drug-likeness (QED) is 0.474. The van der Waals surface area contributed by atoms with Crippen molar-refractivity contribution in [3.05, 3.63) is 59.6 Å². The van der Waals surface area contributed by atoms with Gasteiger partial charge in [-0.15, -0.1) is 11.3 Å². The molecule has 1 atom stereocenters. The molecule has 4 rings (SSSR count). The summed E-state index contributed by atoms with van der Waals surface area (Å²) in [6.07, 6.45) is 1.32. The molecule has 11 heteroatoms. The number of piperazine rings is 1. The number of rotatable bonds is 8. The molecule has 3 heterocycles. The first-order chi connectivity index (χ1) is 17.2. The van der Waals surface area contributed by atoms with Crippen molar-refractivity contribution in [3.8, 4) is 10.4 Å². The lowest BCUT2D eigenvalue weighted by molar-refractivity contribution is -0.120. The molecular formula is C25H28N4O5S2. The Bertz CT molecular complexity index is 1350. The summed E-state index contributed by atoms with van der Waals surface area (Å²) < 4.78 is 27.8. The fourth-order valence-corrected chi connectivity index (χ4v) is 6.75. The molecule has 36 heavy (non-hydrogen) atoms. The van der Waals surface area contributed by atoms with Crippen molar-refractivity contribution >= 4 is 44.7 Å². The van der Waals surface area contributed by atoms with E-state index in [2.05, 4.69) is 4.98 Å². The van der Waals surface area contributed by atoms with Crippen molar-refractivity contribution in [2.45, 2.75) is 31.7 Å². The topological polar surface area (TPSA) is 111 Å². The Labute approximate surface area is 214 Å². The number of hydrogen-bond donors (Lipinski definition) is 1. The summed E-state index contributed by atoms with van der Waals surface area (Å²) in [5.74, 6) is -0.933. The zero-order valence-electron chi connectivity index (χ0n) is 20.3. The minimum atomic E-state index is -3.96. The molecule has 1 amide bonds. The maximum Gasteiger partial charge on any atom is 0.348 e. The third kappa shape index (κ3) is 4.86. The molecule has 0 radical (unpaired) electrons. The number of benzene rings is 1. The van der Waals surface area contributed by atoms with Gasteiger partial charge in [0.25, 0.3) is 0 Å². The van der Waals surface area contributed by atoms with E-state index in [4.69, 9.17) is 0 Å². The molecule has 190 valence electrons. The first-order valence-electron chi connectivity index (χ1n) is 11.6. The van der Waals surface area contributed by atoms with Crippen LogP contribution in [0.3, 0.4) is 0 Å². The van der Waals surface area contributed by atoms with Crippen molar-refractivity contribution in [1.82, 2.24) is 9.29 Å². The van der Waals surface area contributed by atoms with Gasteiger partial charge in [0.15, 0.2) is 0 Å². The van der Waals surface area contributed by atoms with Crippen molar-refractivity contribution in [3.63, 3.8) is 0 Å². The number of pyridine rings is 1. The van der Waals surface area contributed by atoms with Gasteiger partial charge in [0.2, 0.25) is 15.9 Å². The van der Waals surface area contributed by atoms with Gasteiger partial charge in [-0.25, -0.2) is 18.2 Å². The number of hydrogen-bond acceptors (Lipinski definition) is 7. The SMILES string of the molecule is CCN(CC)c1ccc(S(=O)(=O)N2CC(=O)N(c3cc(-c4ccccc4)sc3C(=O)O)[C@H](C)C2)cn1. The summed E-state index contributed by atoms with van der Waals surface area (Å²) >= 11 is 1.09. The molecule has 2 aromatic heterocycles. The first-order valence-corrected chi connectivity index (χ1v) is 13.9. The number of carbonyl (C=O) groups excluding carboxylic acids is 1. The van der Waals surface area contributed by atoms with Crippen LogP contribution in [0.1, 0.15) is 30.4 Å². The molecule has 0 aliphatic carbocycles. The minimum absolute atomic E-state index is 0.0139. The highest BCUT2D eigenvalue weighted by Gasteiger charge is 2.39. The molecule has 1 N–H and O–H groups in total. The number of thiophene rings is 1. The highest BCUT2D eigenvalue weighted by molar-refractivity contribution is 7.89. The van der Waals surface area contributed by atoms with Gasteiger partial charge in [-0.2, -0.15) is 4.31 Å². The van der Waals surface area contributed by atoms with E-state index in [1.54, 1.807) is 19.1 Å². The number of anilines is 2. The van der Waals surface area contributed by atoms with Crippen molar-refractivity contribution in [2.24, 2.45) is 0 Å². The van der Waals surface area contributed by atoms with Crippen LogP contribution in [0.4, 0.5) is 11.5 Å².